The summed E-state index contributed by atoms with van der Waals surface area (Å²) in [6.07, 6.45) is 9.72. The van der Waals surface area contributed by atoms with E-state index in [0.717, 1.165) is 51.4 Å². The third-order valence-corrected chi connectivity index (χ3v) is 6.65. The standard InChI is InChI=1S/C31H50O9/c1-6-11-15-19-24(32)36-23(10-5)28-29(37-25(33)20-16-12-7-2)30(38-26(34)21-17-13-8-3)31(40-28)39-27(35)22-18-14-9-4/h5,23,28-31H,6-9,11-22H2,1-4H3/t23?,28-,29-,30+,31?/m1/s1. The molecule has 9 heteroatoms. The van der Waals surface area contributed by atoms with Gasteiger partial charge in [-0.1, -0.05) is 85.0 Å². The van der Waals surface area contributed by atoms with Crippen molar-refractivity contribution in [3.8, 4) is 12.3 Å². The monoisotopic (exact) mass is 566 g/mol. The summed E-state index contributed by atoms with van der Waals surface area (Å²) in [4.78, 5) is 50.7. The summed E-state index contributed by atoms with van der Waals surface area (Å²) in [6.45, 7) is 8.08. The Morgan fingerprint density at radius 2 is 1.02 bits per heavy atom. The fourth-order valence-electron chi connectivity index (χ4n) is 4.33. The van der Waals surface area contributed by atoms with Crippen molar-refractivity contribution in [2.24, 2.45) is 0 Å². The summed E-state index contributed by atoms with van der Waals surface area (Å²) in [6, 6.07) is 0. The highest BCUT2D eigenvalue weighted by Crippen LogP contribution is 2.32. The van der Waals surface area contributed by atoms with Crippen LogP contribution in [0.5, 0.6) is 0 Å². The molecule has 1 aliphatic rings. The average Bonchev–Trinajstić information content (AvgIpc) is 3.23. The predicted octanol–water partition coefficient (Wildman–Crippen LogP) is 5.94. The van der Waals surface area contributed by atoms with Crippen molar-refractivity contribution in [3.05, 3.63) is 0 Å². The number of ether oxygens (including phenoxy) is 5. The van der Waals surface area contributed by atoms with E-state index in [9.17, 15) is 19.2 Å². The molecule has 5 atom stereocenters. The largest absolute Gasteiger partial charge is 0.455 e. The topological polar surface area (TPSA) is 114 Å². The highest BCUT2D eigenvalue weighted by Gasteiger charge is 2.55. The van der Waals surface area contributed by atoms with Gasteiger partial charge in [-0.2, -0.15) is 0 Å². The lowest BCUT2D eigenvalue weighted by Crippen LogP contribution is -2.45. The normalized spacial score (nSPS) is 20.8. The number of unbranched alkanes of at least 4 members (excludes halogenated alkanes) is 8. The molecule has 0 amide bonds. The smallest absolute Gasteiger partial charge is 0.308 e. The third kappa shape index (κ3) is 13.6. The lowest BCUT2D eigenvalue weighted by molar-refractivity contribution is -0.201. The minimum absolute atomic E-state index is 0.146. The molecule has 0 bridgehead atoms. The van der Waals surface area contributed by atoms with Crippen LogP contribution < -0.4 is 0 Å². The van der Waals surface area contributed by atoms with E-state index >= 15 is 0 Å². The van der Waals surface area contributed by atoms with E-state index in [1.165, 1.54) is 0 Å². The molecule has 1 saturated heterocycles. The maximum absolute atomic E-state index is 12.8. The maximum Gasteiger partial charge on any atom is 0.308 e. The van der Waals surface area contributed by atoms with Crippen LogP contribution in [-0.2, 0) is 42.9 Å². The first-order valence-electron chi connectivity index (χ1n) is 15.2. The van der Waals surface area contributed by atoms with Crippen molar-refractivity contribution in [2.75, 3.05) is 0 Å². The number of hydrogen-bond donors (Lipinski definition) is 0. The molecule has 0 aromatic heterocycles. The van der Waals surface area contributed by atoms with Crippen molar-refractivity contribution in [2.45, 2.75) is 161 Å². The van der Waals surface area contributed by atoms with Gasteiger partial charge < -0.3 is 23.7 Å². The Balaban J connectivity index is 3.22. The molecular weight excluding hydrogens is 516 g/mol. The first-order chi connectivity index (χ1) is 19.3. The second-order valence-corrected chi connectivity index (χ2v) is 10.3. The molecule has 2 unspecified atom stereocenters. The van der Waals surface area contributed by atoms with E-state index in [0.29, 0.717) is 25.7 Å². The van der Waals surface area contributed by atoms with E-state index in [-0.39, 0.29) is 25.7 Å². The Hall–Kier alpha value is -2.60. The molecule has 0 aromatic carbocycles. The number of carbonyl (C=O) groups excluding carboxylic acids is 4. The van der Waals surface area contributed by atoms with E-state index < -0.39 is 54.6 Å². The molecule has 1 aliphatic heterocycles. The van der Waals surface area contributed by atoms with Gasteiger partial charge in [0.1, 0.15) is 0 Å². The van der Waals surface area contributed by atoms with Crippen LogP contribution in [0.2, 0.25) is 0 Å². The van der Waals surface area contributed by atoms with E-state index in [1.54, 1.807) is 0 Å². The summed E-state index contributed by atoms with van der Waals surface area (Å²) in [5, 5.41) is 0. The lowest BCUT2D eigenvalue weighted by Gasteiger charge is -2.26. The molecule has 0 N–H and O–H groups in total. The summed E-state index contributed by atoms with van der Waals surface area (Å²) in [7, 11) is 0. The third-order valence-electron chi connectivity index (χ3n) is 6.65. The van der Waals surface area contributed by atoms with Crippen LogP contribution in [0.15, 0.2) is 0 Å². The van der Waals surface area contributed by atoms with Crippen LogP contribution in [0.4, 0.5) is 0 Å². The fourth-order valence-corrected chi connectivity index (χ4v) is 4.33. The molecular formula is C31H50O9. The highest BCUT2D eigenvalue weighted by atomic mass is 16.8. The zero-order valence-corrected chi connectivity index (χ0v) is 25.0. The van der Waals surface area contributed by atoms with Crippen LogP contribution in [-0.4, -0.2) is 54.6 Å². The quantitative estimate of drug-likeness (QED) is 0.0720. The molecule has 0 aromatic rings. The molecule has 40 heavy (non-hydrogen) atoms. The average molecular weight is 567 g/mol. The summed E-state index contributed by atoms with van der Waals surface area (Å²) >= 11 is 0. The molecule has 0 spiro atoms. The van der Waals surface area contributed by atoms with E-state index in [2.05, 4.69) is 5.92 Å². The molecule has 0 saturated carbocycles. The van der Waals surface area contributed by atoms with Gasteiger partial charge in [-0.25, -0.2) is 0 Å². The van der Waals surface area contributed by atoms with Gasteiger partial charge in [-0.15, -0.1) is 6.42 Å². The molecule has 228 valence electrons. The van der Waals surface area contributed by atoms with Crippen molar-refractivity contribution < 1.29 is 42.9 Å². The van der Waals surface area contributed by atoms with Gasteiger partial charge in [0.15, 0.2) is 18.3 Å². The molecule has 9 nitrogen and oxygen atoms in total. The number of carbonyl (C=O) groups is 4. The molecule has 1 rings (SSSR count). The van der Waals surface area contributed by atoms with Gasteiger partial charge in [0.05, 0.1) is 0 Å². The summed E-state index contributed by atoms with van der Waals surface area (Å²) < 4.78 is 28.6. The summed E-state index contributed by atoms with van der Waals surface area (Å²) in [5.74, 6) is 0.304. The van der Waals surface area contributed by atoms with Crippen LogP contribution in [0.3, 0.4) is 0 Å². The molecule has 0 radical (unpaired) electrons. The Morgan fingerprint density at radius 1 is 0.625 bits per heavy atom. The Kier molecular flexibility index (Phi) is 18.8. The van der Waals surface area contributed by atoms with Crippen LogP contribution in [0.25, 0.3) is 0 Å². The van der Waals surface area contributed by atoms with Crippen LogP contribution in [0.1, 0.15) is 130 Å². The van der Waals surface area contributed by atoms with Gasteiger partial charge >= 0.3 is 23.9 Å². The van der Waals surface area contributed by atoms with Gasteiger partial charge in [-0.3, -0.25) is 19.2 Å². The van der Waals surface area contributed by atoms with Crippen LogP contribution in [0, 0.1) is 12.3 Å². The minimum Gasteiger partial charge on any atom is -0.455 e. The first-order valence-corrected chi connectivity index (χ1v) is 15.2. The predicted molar refractivity (Wildman–Crippen MR) is 150 cm³/mol. The zero-order chi connectivity index (χ0) is 29.8. The Morgan fingerprint density at radius 3 is 1.45 bits per heavy atom. The van der Waals surface area contributed by atoms with Crippen molar-refractivity contribution in [1.29, 1.82) is 0 Å². The highest BCUT2D eigenvalue weighted by molar-refractivity contribution is 5.72. The fraction of sp³-hybridized carbons (Fsp3) is 0.806. The number of rotatable bonds is 21. The van der Waals surface area contributed by atoms with Crippen molar-refractivity contribution in [1.82, 2.24) is 0 Å². The Bertz CT molecular complexity index is 803. The molecule has 0 aliphatic carbocycles. The Labute approximate surface area is 240 Å². The maximum atomic E-state index is 12.8. The molecule has 1 heterocycles. The van der Waals surface area contributed by atoms with Crippen molar-refractivity contribution in [3.63, 3.8) is 0 Å². The van der Waals surface area contributed by atoms with E-state index in [1.807, 2.05) is 27.7 Å². The minimum atomic E-state index is -1.36. The lowest BCUT2D eigenvalue weighted by atomic mass is 10.0. The molecule has 1 fully saturated rings. The number of terminal acetylenes is 1. The van der Waals surface area contributed by atoms with Gasteiger partial charge in [0, 0.05) is 25.7 Å². The van der Waals surface area contributed by atoms with E-state index in [4.69, 9.17) is 30.1 Å². The zero-order valence-electron chi connectivity index (χ0n) is 25.0. The second-order valence-electron chi connectivity index (χ2n) is 10.3. The SMILES string of the molecule is C#CC(OC(=O)CCCCC)[C@H]1OC(OC(=O)CCCCC)[C@@H](OC(=O)CCCCC)[C@@H]1OC(=O)CCCCC. The number of hydrogen-bond acceptors (Lipinski definition) is 9. The van der Waals surface area contributed by atoms with Gasteiger partial charge in [0.2, 0.25) is 12.4 Å². The number of esters is 4. The van der Waals surface area contributed by atoms with Gasteiger partial charge in [-0.05, 0) is 25.7 Å². The first kappa shape index (κ1) is 35.4. The summed E-state index contributed by atoms with van der Waals surface area (Å²) in [5.41, 5.74) is 0. The van der Waals surface area contributed by atoms with Gasteiger partial charge in [0.25, 0.3) is 0 Å². The van der Waals surface area contributed by atoms with Crippen LogP contribution >= 0.6 is 0 Å². The van der Waals surface area contributed by atoms with Crippen molar-refractivity contribution >= 4 is 23.9 Å². The second kappa shape index (κ2) is 21.2.